The van der Waals surface area contributed by atoms with Crippen molar-refractivity contribution in [3.8, 4) is 0 Å². The molecule has 26 heavy (non-hydrogen) atoms. The van der Waals surface area contributed by atoms with Gasteiger partial charge in [-0.15, -0.1) is 0 Å². The molecule has 0 bridgehead atoms. The van der Waals surface area contributed by atoms with E-state index in [-0.39, 0.29) is 18.4 Å². The largest absolute Gasteiger partial charge is 0.379 e. The third-order valence-corrected chi connectivity index (χ3v) is 5.38. The predicted octanol–water partition coefficient (Wildman–Crippen LogP) is 1.30. The van der Waals surface area contributed by atoms with Gasteiger partial charge in [0.25, 0.3) is 5.91 Å². The minimum Gasteiger partial charge on any atom is -0.379 e. The van der Waals surface area contributed by atoms with Gasteiger partial charge in [-0.3, -0.25) is 14.5 Å². The van der Waals surface area contributed by atoms with Crippen molar-refractivity contribution in [1.82, 2.24) is 15.1 Å². The Balaban J connectivity index is 1.39. The molecule has 1 aromatic rings. The fourth-order valence-electron chi connectivity index (χ4n) is 3.70. The minimum atomic E-state index is -0.182. The number of ether oxygens (including phenoxy) is 1. The predicted molar refractivity (Wildman–Crippen MR) is 100 cm³/mol. The van der Waals surface area contributed by atoms with Crippen LogP contribution < -0.4 is 5.32 Å². The lowest BCUT2D eigenvalue weighted by Gasteiger charge is -2.36. The molecule has 142 valence electrons. The number of aryl methyl sites for hydroxylation is 1. The number of amides is 2. The van der Waals surface area contributed by atoms with E-state index < -0.39 is 0 Å². The number of morpholine rings is 1. The van der Waals surface area contributed by atoms with Crippen LogP contribution in [0.4, 0.5) is 0 Å². The molecule has 0 spiro atoms. The maximum atomic E-state index is 12.4. The van der Waals surface area contributed by atoms with Crippen molar-refractivity contribution >= 4 is 11.8 Å². The molecule has 1 N–H and O–H groups in total. The molecule has 0 unspecified atom stereocenters. The molecule has 2 saturated heterocycles. The van der Waals surface area contributed by atoms with Gasteiger partial charge in [0.1, 0.15) is 0 Å². The summed E-state index contributed by atoms with van der Waals surface area (Å²) in [5.41, 5.74) is 1.55. The standard InChI is InChI=1S/C20H29N3O3/c1-16-4-2-3-5-18(16)20(25)21-14-19(24)23-8-6-17(7-9-23)15-22-10-12-26-13-11-22/h2-5,17H,6-15H2,1H3,(H,21,25). The second-order valence-corrected chi connectivity index (χ2v) is 7.23. The van der Waals surface area contributed by atoms with Crippen LogP contribution in [0.5, 0.6) is 0 Å². The van der Waals surface area contributed by atoms with Gasteiger partial charge in [0, 0.05) is 38.3 Å². The van der Waals surface area contributed by atoms with Gasteiger partial charge in [-0.25, -0.2) is 0 Å². The molecular weight excluding hydrogens is 330 g/mol. The normalized spacial score (nSPS) is 19.3. The highest BCUT2D eigenvalue weighted by Gasteiger charge is 2.25. The first kappa shape index (κ1) is 18.9. The number of nitrogens with one attached hydrogen (secondary N) is 1. The van der Waals surface area contributed by atoms with E-state index in [1.54, 1.807) is 6.07 Å². The number of benzene rings is 1. The monoisotopic (exact) mass is 359 g/mol. The summed E-state index contributed by atoms with van der Waals surface area (Å²) in [6, 6.07) is 7.42. The van der Waals surface area contributed by atoms with Gasteiger partial charge >= 0.3 is 0 Å². The van der Waals surface area contributed by atoms with Crippen molar-refractivity contribution in [2.75, 3.05) is 52.5 Å². The molecule has 0 atom stereocenters. The van der Waals surface area contributed by atoms with Gasteiger partial charge < -0.3 is 15.0 Å². The smallest absolute Gasteiger partial charge is 0.251 e. The number of nitrogens with zero attached hydrogens (tertiary/aromatic N) is 2. The van der Waals surface area contributed by atoms with E-state index in [0.29, 0.717) is 11.5 Å². The van der Waals surface area contributed by atoms with Gasteiger partial charge in [0.05, 0.1) is 19.8 Å². The van der Waals surface area contributed by atoms with E-state index in [1.165, 1.54) is 0 Å². The van der Waals surface area contributed by atoms with E-state index in [9.17, 15) is 9.59 Å². The average Bonchev–Trinajstić information content (AvgIpc) is 2.67. The first-order chi connectivity index (χ1) is 12.6. The van der Waals surface area contributed by atoms with E-state index in [1.807, 2.05) is 30.0 Å². The molecule has 2 aliphatic heterocycles. The Morgan fingerprint density at radius 3 is 2.50 bits per heavy atom. The highest BCUT2D eigenvalue weighted by molar-refractivity contribution is 5.97. The molecule has 1 aromatic carbocycles. The van der Waals surface area contributed by atoms with Crippen LogP contribution in [-0.4, -0.2) is 74.1 Å². The maximum absolute atomic E-state index is 12.4. The van der Waals surface area contributed by atoms with E-state index in [2.05, 4.69) is 10.2 Å². The molecule has 0 aromatic heterocycles. The van der Waals surface area contributed by atoms with Crippen molar-refractivity contribution in [3.63, 3.8) is 0 Å². The lowest BCUT2D eigenvalue weighted by atomic mass is 9.96. The van der Waals surface area contributed by atoms with Crippen LogP contribution in [0.25, 0.3) is 0 Å². The SMILES string of the molecule is Cc1ccccc1C(=O)NCC(=O)N1CCC(CN2CCOCC2)CC1. The molecule has 0 saturated carbocycles. The number of piperidine rings is 1. The topological polar surface area (TPSA) is 61.9 Å². The average molecular weight is 359 g/mol. The summed E-state index contributed by atoms with van der Waals surface area (Å²) in [7, 11) is 0. The van der Waals surface area contributed by atoms with Gasteiger partial charge in [0.15, 0.2) is 0 Å². The lowest BCUT2D eigenvalue weighted by Crippen LogP contribution is -2.46. The summed E-state index contributed by atoms with van der Waals surface area (Å²) in [4.78, 5) is 29.0. The highest BCUT2D eigenvalue weighted by Crippen LogP contribution is 2.19. The molecule has 2 aliphatic rings. The summed E-state index contributed by atoms with van der Waals surface area (Å²) < 4.78 is 5.39. The Morgan fingerprint density at radius 1 is 1.12 bits per heavy atom. The van der Waals surface area contributed by atoms with Crippen LogP contribution in [-0.2, 0) is 9.53 Å². The van der Waals surface area contributed by atoms with Crippen molar-refractivity contribution < 1.29 is 14.3 Å². The van der Waals surface area contributed by atoms with Crippen molar-refractivity contribution in [3.05, 3.63) is 35.4 Å². The molecular formula is C20H29N3O3. The molecule has 0 aliphatic carbocycles. The second-order valence-electron chi connectivity index (χ2n) is 7.23. The number of rotatable bonds is 5. The summed E-state index contributed by atoms with van der Waals surface area (Å²) in [6.07, 6.45) is 2.07. The number of hydrogen-bond acceptors (Lipinski definition) is 4. The summed E-state index contributed by atoms with van der Waals surface area (Å²) in [5, 5.41) is 2.76. The van der Waals surface area contributed by atoms with Crippen molar-refractivity contribution in [1.29, 1.82) is 0 Å². The molecule has 3 rings (SSSR count). The minimum absolute atomic E-state index is 0.0109. The first-order valence-electron chi connectivity index (χ1n) is 9.55. The summed E-state index contributed by atoms with van der Waals surface area (Å²) in [5.74, 6) is 0.481. The van der Waals surface area contributed by atoms with Crippen LogP contribution in [0, 0.1) is 12.8 Å². The molecule has 2 amide bonds. The van der Waals surface area contributed by atoms with E-state index in [4.69, 9.17) is 4.74 Å². The van der Waals surface area contributed by atoms with E-state index in [0.717, 1.165) is 64.3 Å². The third kappa shape index (κ3) is 5.05. The summed E-state index contributed by atoms with van der Waals surface area (Å²) >= 11 is 0. The second kappa shape index (κ2) is 9.14. The lowest BCUT2D eigenvalue weighted by molar-refractivity contribution is -0.131. The summed E-state index contributed by atoms with van der Waals surface area (Å²) in [6.45, 7) is 8.35. The number of hydrogen-bond donors (Lipinski definition) is 1. The van der Waals surface area contributed by atoms with Crippen LogP contribution in [0.1, 0.15) is 28.8 Å². The fraction of sp³-hybridized carbons (Fsp3) is 0.600. The number of likely N-dealkylation sites (tertiary alicyclic amines) is 1. The third-order valence-electron chi connectivity index (χ3n) is 5.38. The molecule has 2 fully saturated rings. The quantitative estimate of drug-likeness (QED) is 0.861. The fourth-order valence-corrected chi connectivity index (χ4v) is 3.70. The number of carbonyl (C=O) groups excluding carboxylic acids is 2. The molecule has 2 heterocycles. The Morgan fingerprint density at radius 2 is 1.81 bits per heavy atom. The Kier molecular flexibility index (Phi) is 6.63. The van der Waals surface area contributed by atoms with Crippen molar-refractivity contribution in [2.45, 2.75) is 19.8 Å². The van der Waals surface area contributed by atoms with Gasteiger partial charge in [0.2, 0.25) is 5.91 Å². The molecule has 6 heteroatoms. The van der Waals surface area contributed by atoms with Crippen LogP contribution in [0.2, 0.25) is 0 Å². The molecule has 6 nitrogen and oxygen atoms in total. The zero-order chi connectivity index (χ0) is 18.4. The Bertz CT molecular complexity index is 620. The van der Waals surface area contributed by atoms with Crippen LogP contribution in [0.3, 0.4) is 0 Å². The number of carbonyl (C=O) groups is 2. The van der Waals surface area contributed by atoms with Gasteiger partial charge in [-0.1, -0.05) is 18.2 Å². The Labute approximate surface area is 155 Å². The van der Waals surface area contributed by atoms with E-state index >= 15 is 0 Å². The van der Waals surface area contributed by atoms with Crippen LogP contribution >= 0.6 is 0 Å². The maximum Gasteiger partial charge on any atom is 0.251 e. The first-order valence-corrected chi connectivity index (χ1v) is 9.55. The van der Waals surface area contributed by atoms with Gasteiger partial charge in [-0.05, 0) is 37.3 Å². The zero-order valence-electron chi connectivity index (χ0n) is 15.6. The highest BCUT2D eigenvalue weighted by atomic mass is 16.5. The van der Waals surface area contributed by atoms with Crippen molar-refractivity contribution in [2.24, 2.45) is 5.92 Å². The molecule has 0 radical (unpaired) electrons. The zero-order valence-corrected chi connectivity index (χ0v) is 15.6. The van der Waals surface area contributed by atoms with Crippen LogP contribution in [0.15, 0.2) is 24.3 Å². The Hall–Kier alpha value is -1.92. The van der Waals surface area contributed by atoms with Gasteiger partial charge in [-0.2, -0.15) is 0 Å².